The molecule has 134 valence electrons. The number of hydrogen-bond donors (Lipinski definition) is 0. The first-order chi connectivity index (χ1) is 12.5. The molecule has 3 aromatic rings. The Bertz CT molecular complexity index is 943. The number of aryl methyl sites for hydroxylation is 2. The van der Waals surface area contributed by atoms with Gasteiger partial charge in [0.05, 0.1) is 22.5 Å². The standard InChI is InChI=1S/C20H21FN4O/c1-4-25(10-8-16-7-5-6-9-22-16)20(26)17-11-15(21)12-18-19(17)24-14(3)13(2)23-18/h5-7,9,11-12H,4,8,10H2,1-3H3. The maximum Gasteiger partial charge on any atom is 0.256 e. The zero-order chi connectivity index (χ0) is 18.7. The molecule has 1 aromatic carbocycles. The number of carbonyl (C=O) groups is 1. The van der Waals surface area contributed by atoms with Gasteiger partial charge < -0.3 is 4.90 Å². The lowest BCUT2D eigenvalue weighted by molar-refractivity contribution is 0.0767. The quantitative estimate of drug-likeness (QED) is 0.705. The molecule has 0 atom stereocenters. The summed E-state index contributed by atoms with van der Waals surface area (Å²) in [6.07, 6.45) is 2.37. The average Bonchev–Trinajstić information content (AvgIpc) is 2.63. The van der Waals surface area contributed by atoms with Crippen molar-refractivity contribution in [3.05, 3.63) is 65.0 Å². The Morgan fingerprint density at radius 3 is 2.62 bits per heavy atom. The molecule has 0 aliphatic heterocycles. The second-order valence-electron chi connectivity index (χ2n) is 6.17. The Hall–Kier alpha value is -2.89. The number of likely N-dealkylation sites (N-methyl/N-ethyl adjacent to an activating group) is 1. The molecule has 3 rings (SSSR count). The zero-order valence-corrected chi connectivity index (χ0v) is 15.2. The third-order valence-electron chi connectivity index (χ3n) is 4.41. The van der Waals surface area contributed by atoms with Gasteiger partial charge in [0, 0.05) is 37.5 Å². The van der Waals surface area contributed by atoms with Crippen molar-refractivity contribution in [3.8, 4) is 0 Å². The summed E-state index contributed by atoms with van der Waals surface area (Å²) < 4.78 is 14.1. The van der Waals surface area contributed by atoms with E-state index in [-0.39, 0.29) is 11.5 Å². The second kappa shape index (κ2) is 7.56. The number of halogens is 1. The van der Waals surface area contributed by atoms with Crippen LogP contribution in [0.5, 0.6) is 0 Å². The molecule has 0 aliphatic carbocycles. The second-order valence-corrected chi connectivity index (χ2v) is 6.17. The molecule has 6 heteroatoms. The van der Waals surface area contributed by atoms with E-state index in [4.69, 9.17) is 0 Å². The first kappa shape index (κ1) is 17.9. The number of aromatic nitrogens is 3. The van der Waals surface area contributed by atoms with Crippen LogP contribution in [0.15, 0.2) is 36.5 Å². The van der Waals surface area contributed by atoms with Gasteiger partial charge in [-0.25, -0.2) is 14.4 Å². The molecule has 2 aromatic heterocycles. The number of amides is 1. The van der Waals surface area contributed by atoms with Gasteiger partial charge in [0.1, 0.15) is 11.3 Å². The number of hydrogen-bond acceptors (Lipinski definition) is 4. The van der Waals surface area contributed by atoms with Gasteiger partial charge in [0.2, 0.25) is 0 Å². The van der Waals surface area contributed by atoms with Crippen LogP contribution in [0.1, 0.15) is 34.4 Å². The first-order valence-corrected chi connectivity index (χ1v) is 8.63. The van der Waals surface area contributed by atoms with Crippen LogP contribution < -0.4 is 0 Å². The molecule has 26 heavy (non-hydrogen) atoms. The highest BCUT2D eigenvalue weighted by Gasteiger charge is 2.20. The van der Waals surface area contributed by atoms with Gasteiger partial charge >= 0.3 is 0 Å². The van der Waals surface area contributed by atoms with Crippen molar-refractivity contribution < 1.29 is 9.18 Å². The van der Waals surface area contributed by atoms with Gasteiger partial charge in [-0.15, -0.1) is 0 Å². The molecule has 0 fully saturated rings. The average molecular weight is 352 g/mol. The first-order valence-electron chi connectivity index (χ1n) is 8.63. The van der Waals surface area contributed by atoms with E-state index >= 15 is 0 Å². The maximum absolute atomic E-state index is 14.1. The molecule has 0 saturated heterocycles. The van der Waals surface area contributed by atoms with Crippen LogP contribution in [-0.4, -0.2) is 38.8 Å². The van der Waals surface area contributed by atoms with Gasteiger partial charge in [-0.3, -0.25) is 9.78 Å². The molecule has 0 N–H and O–H groups in total. The minimum Gasteiger partial charge on any atom is -0.338 e. The molecule has 0 spiro atoms. The van der Waals surface area contributed by atoms with Crippen LogP contribution in [0, 0.1) is 19.7 Å². The van der Waals surface area contributed by atoms with Gasteiger partial charge in [0.25, 0.3) is 5.91 Å². The highest BCUT2D eigenvalue weighted by Crippen LogP contribution is 2.21. The van der Waals surface area contributed by atoms with Gasteiger partial charge in [-0.2, -0.15) is 0 Å². The fraction of sp³-hybridized carbons (Fsp3) is 0.300. The predicted octanol–water partition coefficient (Wildman–Crippen LogP) is 3.49. The summed E-state index contributed by atoms with van der Waals surface area (Å²) in [6, 6.07) is 8.26. The third kappa shape index (κ3) is 3.69. The number of pyridine rings is 1. The normalized spacial score (nSPS) is 10.9. The predicted molar refractivity (Wildman–Crippen MR) is 98.5 cm³/mol. The minimum atomic E-state index is -0.487. The summed E-state index contributed by atoms with van der Waals surface area (Å²) >= 11 is 0. The molecule has 2 heterocycles. The fourth-order valence-corrected chi connectivity index (χ4v) is 2.83. The number of fused-ring (bicyclic) bond motifs is 1. The van der Waals surface area contributed by atoms with Gasteiger partial charge in [0.15, 0.2) is 0 Å². The lowest BCUT2D eigenvalue weighted by atomic mass is 10.1. The van der Waals surface area contributed by atoms with Crippen LogP contribution in [0.2, 0.25) is 0 Å². The molecular weight excluding hydrogens is 331 g/mol. The number of nitrogens with zero attached hydrogens (tertiary/aromatic N) is 4. The van der Waals surface area contributed by atoms with Crippen molar-refractivity contribution in [1.82, 2.24) is 19.9 Å². The van der Waals surface area contributed by atoms with Crippen molar-refractivity contribution in [2.24, 2.45) is 0 Å². The van der Waals surface area contributed by atoms with Crippen molar-refractivity contribution in [1.29, 1.82) is 0 Å². The molecule has 0 saturated carbocycles. The number of carbonyl (C=O) groups excluding carboxylic acids is 1. The van der Waals surface area contributed by atoms with E-state index in [9.17, 15) is 9.18 Å². The smallest absolute Gasteiger partial charge is 0.256 e. The molecule has 0 bridgehead atoms. The van der Waals surface area contributed by atoms with Crippen molar-refractivity contribution in [3.63, 3.8) is 0 Å². The lowest BCUT2D eigenvalue weighted by Crippen LogP contribution is -2.33. The molecule has 1 amide bonds. The largest absolute Gasteiger partial charge is 0.338 e. The van der Waals surface area contributed by atoms with Crippen molar-refractivity contribution in [2.45, 2.75) is 27.2 Å². The van der Waals surface area contributed by atoms with Crippen LogP contribution in [0.3, 0.4) is 0 Å². The van der Waals surface area contributed by atoms with E-state index in [1.165, 1.54) is 12.1 Å². The van der Waals surface area contributed by atoms with E-state index in [2.05, 4.69) is 15.0 Å². The SMILES string of the molecule is CCN(CCc1ccccn1)C(=O)c1cc(F)cc2nc(C)c(C)nc12. The van der Waals surface area contributed by atoms with Crippen LogP contribution in [0.25, 0.3) is 11.0 Å². The molecule has 0 unspecified atom stereocenters. The minimum absolute atomic E-state index is 0.245. The van der Waals surface area contributed by atoms with E-state index in [0.717, 1.165) is 17.1 Å². The van der Waals surface area contributed by atoms with Crippen LogP contribution >= 0.6 is 0 Å². The van der Waals surface area contributed by atoms with Crippen molar-refractivity contribution in [2.75, 3.05) is 13.1 Å². The lowest BCUT2D eigenvalue weighted by Gasteiger charge is -2.21. The van der Waals surface area contributed by atoms with Crippen LogP contribution in [-0.2, 0) is 6.42 Å². The molecule has 0 aliphatic rings. The monoisotopic (exact) mass is 352 g/mol. The fourth-order valence-electron chi connectivity index (χ4n) is 2.83. The molecule has 0 radical (unpaired) electrons. The van der Waals surface area contributed by atoms with Crippen LogP contribution in [0.4, 0.5) is 4.39 Å². The highest BCUT2D eigenvalue weighted by atomic mass is 19.1. The van der Waals surface area contributed by atoms with E-state index in [1.807, 2.05) is 39.0 Å². The van der Waals surface area contributed by atoms with Gasteiger partial charge in [-0.1, -0.05) is 6.07 Å². The summed E-state index contributed by atoms with van der Waals surface area (Å²) in [4.78, 5) is 27.9. The summed E-state index contributed by atoms with van der Waals surface area (Å²) in [5, 5.41) is 0. The number of rotatable bonds is 5. The van der Waals surface area contributed by atoms with E-state index < -0.39 is 5.82 Å². The van der Waals surface area contributed by atoms with E-state index in [1.54, 1.807) is 11.1 Å². The zero-order valence-electron chi connectivity index (χ0n) is 15.2. The van der Waals surface area contributed by atoms with E-state index in [0.29, 0.717) is 30.5 Å². The Labute approximate surface area is 151 Å². The Kier molecular flexibility index (Phi) is 5.21. The summed E-state index contributed by atoms with van der Waals surface area (Å²) in [7, 11) is 0. The summed E-state index contributed by atoms with van der Waals surface area (Å²) in [5.41, 5.74) is 3.46. The van der Waals surface area contributed by atoms with Crippen molar-refractivity contribution >= 4 is 16.9 Å². The molecule has 5 nitrogen and oxygen atoms in total. The van der Waals surface area contributed by atoms with Gasteiger partial charge in [-0.05, 0) is 39.0 Å². The summed E-state index contributed by atoms with van der Waals surface area (Å²) in [6.45, 7) is 6.57. The third-order valence-corrected chi connectivity index (χ3v) is 4.41. The molecular formula is C20H21FN4O. The highest BCUT2D eigenvalue weighted by molar-refractivity contribution is 6.04. The number of benzene rings is 1. The topological polar surface area (TPSA) is 59.0 Å². The summed E-state index contributed by atoms with van der Waals surface area (Å²) in [5.74, 6) is -0.732. The Morgan fingerprint density at radius 2 is 1.92 bits per heavy atom. The Morgan fingerprint density at radius 1 is 1.15 bits per heavy atom. The Balaban J connectivity index is 1.93. The maximum atomic E-state index is 14.1.